The van der Waals surface area contributed by atoms with Crippen molar-refractivity contribution in [2.45, 2.75) is 75.4 Å². The van der Waals surface area contributed by atoms with Crippen LogP contribution in [-0.2, 0) is 9.53 Å². The van der Waals surface area contributed by atoms with Crippen LogP contribution in [-0.4, -0.2) is 60.8 Å². The van der Waals surface area contributed by atoms with E-state index in [1.54, 1.807) is 0 Å². The Morgan fingerprint density at radius 1 is 0.920 bits per heavy atom. The fourth-order valence-electron chi connectivity index (χ4n) is 4.15. The van der Waals surface area contributed by atoms with Gasteiger partial charge in [0.1, 0.15) is 0 Å². The average molecular weight is 352 g/mol. The number of nitrogens with one attached hydrogen (secondary N) is 2. The summed E-state index contributed by atoms with van der Waals surface area (Å²) in [4.78, 5) is 26.7. The molecule has 3 fully saturated rings. The normalized spacial score (nSPS) is 25.4. The van der Waals surface area contributed by atoms with Gasteiger partial charge in [0.05, 0.1) is 5.54 Å². The standard InChI is InChI=1S/C18H32N4O3/c19-18(8-12-25-13-9-18)16(23)22-10-6-15(7-11-22)21-17(24)20-14-4-2-1-3-5-14/h14-15H,1-13,19H2,(H2,20,21,24). The predicted octanol–water partition coefficient (Wildman–Crippen LogP) is 1.12. The molecule has 3 rings (SSSR count). The zero-order valence-corrected chi connectivity index (χ0v) is 15.1. The lowest BCUT2D eigenvalue weighted by atomic mass is 9.88. The van der Waals surface area contributed by atoms with Crippen molar-refractivity contribution in [2.75, 3.05) is 26.3 Å². The van der Waals surface area contributed by atoms with E-state index in [9.17, 15) is 9.59 Å². The van der Waals surface area contributed by atoms with E-state index < -0.39 is 5.54 Å². The number of nitrogens with zero attached hydrogens (tertiary/aromatic N) is 1. The number of carbonyl (C=O) groups excluding carboxylic acids is 2. The van der Waals surface area contributed by atoms with Crippen molar-refractivity contribution in [3.05, 3.63) is 0 Å². The van der Waals surface area contributed by atoms with Crippen LogP contribution < -0.4 is 16.4 Å². The molecular weight excluding hydrogens is 320 g/mol. The topological polar surface area (TPSA) is 96.7 Å². The predicted molar refractivity (Wildman–Crippen MR) is 95.1 cm³/mol. The minimum absolute atomic E-state index is 0.0425. The first-order valence-electron chi connectivity index (χ1n) is 9.80. The SMILES string of the molecule is NC1(C(=O)N2CCC(NC(=O)NC3CCCCC3)CC2)CCOCC1. The summed E-state index contributed by atoms with van der Waals surface area (Å²) in [7, 11) is 0. The molecular formula is C18H32N4O3. The molecule has 0 aromatic heterocycles. The maximum absolute atomic E-state index is 12.7. The van der Waals surface area contributed by atoms with E-state index in [1.807, 2.05) is 4.90 Å². The lowest BCUT2D eigenvalue weighted by Gasteiger charge is -2.40. The van der Waals surface area contributed by atoms with Gasteiger partial charge >= 0.3 is 6.03 Å². The second kappa shape index (κ2) is 8.36. The molecule has 2 aliphatic heterocycles. The van der Waals surface area contributed by atoms with Gasteiger partial charge in [-0.2, -0.15) is 0 Å². The van der Waals surface area contributed by atoms with Gasteiger partial charge < -0.3 is 26.0 Å². The number of nitrogens with two attached hydrogens (primary N) is 1. The number of ether oxygens (including phenoxy) is 1. The van der Waals surface area contributed by atoms with Gasteiger partial charge in [-0.3, -0.25) is 4.79 Å². The molecule has 4 N–H and O–H groups in total. The van der Waals surface area contributed by atoms with Gasteiger partial charge in [-0.05, 0) is 38.5 Å². The Balaban J connectivity index is 1.40. The third-order valence-corrected chi connectivity index (χ3v) is 5.87. The van der Waals surface area contributed by atoms with Gasteiger partial charge in [-0.25, -0.2) is 4.79 Å². The minimum atomic E-state index is -0.767. The van der Waals surface area contributed by atoms with E-state index in [0.717, 1.165) is 25.7 Å². The summed E-state index contributed by atoms with van der Waals surface area (Å²) in [6, 6.07) is 0.397. The van der Waals surface area contributed by atoms with Crippen molar-refractivity contribution in [1.29, 1.82) is 0 Å². The first-order chi connectivity index (χ1) is 12.1. The third kappa shape index (κ3) is 4.85. The zero-order chi connectivity index (χ0) is 17.7. The molecule has 25 heavy (non-hydrogen) atoms. The highest BCUT2D eigenvalue weighted by molar-refractivity contribution is 5.86. The van der Waals surface area contributed by atoms with Gasteiger partial charge in [-0.1, -0.05) is 19.3 Å². The Morgan fingerprint density at radius 2 is 1.48 bits per heavy atom. The highest BCUT2D eigenvalue weighted by Crippen LogP contribution is 2.23. The van der Waals surface area contributed by atoms with Crippen LogP contribution >= 0.6 is 0 Å². The highest BCUT2D eigenvalue weighted by Gasteiger charge is 2.40. The van der Waals surface area contributed by atoms with Gasteiger partial charge in [-0.15, -0.1) is 0 Å². The lowest BCUT2D eigenvalue weighted by Crippen LogP contribution is -2.60. The first kappa shape index (κ1) is 18.5. The molecule has 0 spiro atoms. The summed E-state index contributed by atoms with van der Waals surface area (Å²) < 4.78 is 5.32. The molecule has 0 atom stereocenters. The number of amides is 3. The fourth-order valence-corrected chi connectivity index (χ4v) is 4.15. The van der Waals surface area contributed by atoms with Crippen LogP contribution in [0.15, 0.2) is 0 Å². The molecule has 0 bridgehead atoms. The van der Waals surface area contributed by atoms with Crippen molar-refractivity contribution in [2.24, 2.45) is 5.73 Å². The minimum Gasteiger partial charge on any atom is -0.381 e. The Labute approximate surface area is 150 Å². The van der Waals surface area contributed by atoms with E-state index in [-0.39, 0.29) is 18.0 Å². The van der Waals surface area contributed by atoms with Crippen LogP contribution in [0.25, 0.3) is 0 Å². The monoisotopic (exact) mass is 352 g/mol. The van der Waals surface area contributed by atoms with E-state index in [0.29, 0.717) is 45.2 Å². The summed E-state index contributed by atoms with van der Waals surface area (Å²) in [5.74, 6) is 0.0425. The van der Waals surface area contributed by atoms with Gasteiger partial charge in [0, 0.05) is 38.4 Å². The van der Waals surface area contributed by atoms with Crippen molar-refractivity contribution in [1.82, 2.24) is 15.5 Å². The first-order valence-corrected chi connectivity index (χ1v) is 9.80. The molecule has 7 heteroatoms. The van der Waals surface area contributed by atoms with Crippen LogP contribution in [0.3, 0.4) is 0 Å². The summed E-state index contributed by atoms with van der Waals surface area (Å²) in [5, 5.41) is 6.17. The molecule has 2 heterocycles. The van der Waals surface area contributed by atoms with Crippen molar-refractivity contribution in [3.8, 4) is 0 Å². The molecule has 7 nitrogen and oxygen atoms in total. The third-order valence-electron chi connectivity index (χ3n) is 5.87. The molecule has 0 radical (unpaired) electrons. The van der Waals surface area contributed by atoms with Gasteiger partial charge in [0.2, 0.25) is 5.91 Å². The molecule has 142 valence electrons. The van der Waals surface area contributed by atoms with E-state index in [4.69, 9.17) is 10.5 Å². The molecule has 0 unspecified atom stereocenters. The van der Waals surface area contributed by atoms with Crippen LogP contribution in [0.5, 0.6) is 0 Å². The molecule has 0 aromatic rings. The Kier molecular flexibility index (Phi) is 6.17. The number of hydrogen-bond acceptors (Lipinski definition) is 4. The smallest absolute Gasteiger partial charge is 0.315 e. The number of rotatable bonds is 3. The number of piperidine rings is 1. The second-order valence-electron chi connectivity index (χ2n) is 7.79. The molecule has 1 aliphatic carbocycles. The maximum atomic E-state index is 12.7. The van der Waals surface area contributed by atoms with Crippen LogP contribution in [0, 0.1) is 0 Å². The molecule has 3 amide bonds. The van der Waals surface area contributed by atoms with Gasteiger partial charge in [0.15, 0.2) is 0 Å². The Morgan fingerprint density at radius 3 is 2.08 bits per heavy atom. The van der Waals surface area contributed by atoms with E-state index in [2.05, 4.69) is 10.6 Å². The number of urea groups is 1. The van der Waals surface area contributed by atoms with Crippen LogP contribution in [0.2, 0.25) is 0 Å². The van der Waals surface area contributed by atoms with Crippen LogP contribution in [0.4, 0.5) is 4.79 Å². The quantitative estimate of drug-likeness (QED) is 0.709. The molecule has 0 aromatic carbocycles. The second-order valence-corrected chi connectivity index (χ2v) is 7.79. The average Bonchev–Trinajstić information content (AvgIpc) is 2.63. The number of carbonyl (C=O) groups is 2. The summed E-state index contributed by atoms with van der Waals surface area (Å²) in [6.07, 6.45) is 8.62. The highest BCUT2D eigenvalue weighted by atomic mass is 16.5. The van der Waals surface area contributed by atoms with Crippen molar-refractivity contribution >= 4 is 11.9 Å². The molecule has 1 saturated carbocycles. The number of likely N-dealkylation sites (tertiary alicyclic amines) is 1. The van der Waals surface area contributed by atoms with E-state index >= 15 is 0 Å². The number of hydrogen-bond donors (Lipinski definition) is 3. The zero-order valence-electron chi connectivity index (χ0n) is 15.1. The molecule has 3 aliphatic rings. The van der Waals surface area contributed by atoms with Crippen molar-refractivity contribution < 1.29 is 14.3 Å². The summed E-state index contributed by atoms with van der Waals surface area (Å²) in [6.45, 7) is 2.43. The fraction of sp³-hybridized carbons (Fsp3) is 0.889. The summed E-state index contributed by atoms with van der Waals surface area (Å²) in [5.41, 5.74) is 5.53. The van der Waals surface area contributed by atoms with Crippen LogP contribution in [0.1, 0.15) is 57.8 Å². The van der Waals surface area contributed by atoms with Crippen molar-refractivity contribution in [3.63, 3.8) is 0 Å². The maximum Gasteiger partial charge on any atom is 0.315 e. The largest absolute Gasteiger partial charge is 0.381 e. The Bertz CT molecular complexity index is 465. The lowest BCUT2D eigenvalue weighted by molar-refractivity contribution is -0.141. The van der Waals surface area contributed by atoms with E-state index in [1.165, 1.54) is 19.3 Å². The Hall–Kier alpha value is -1.34. The molecule has 2 saturated heterocycles. The summed E-state index contributed by atoms with van der Waals surface area (Å²) >= 11 is 0. The van der Waals surface area contributed by atoms with Gasteiger partial charge in [0.25, 0.3) is 0 Å².